The summed E-state index contributed by atoms with van der Waals surface area (Å²) in [5.41, 5.74) is 1.49. The minimum Gasteiger partial charge on any atom is -0.481 e. The SMILES string of the molecule is Cc1nc(=O)n(C2CCCOC2)c(C)c1C(C)C(=O)O. The number of carboxylic acids is 1. The smallest absolute Gasteiger partial charge is 0.348 e. The summed E-state index contributed by atoms with van der Waals surface area (Å²) in [6, 6.07) is -0.0518. The summed E-state index contributed by atoms with van der Waals surface area (Å²) >= 11 is 0. The van der Waals surface area contributed by atoms with Crippen LogP contribution in [0.4, 0.5) is 0 Å². The fourth-order valence-electron chi connectivity index (χ4n) is 2.90. The second-order valence-corrected chi connectivity index (χ2v) is 5.28. The van der Waals surface area contributed by atoms with Crippen LogP contribution in [0, 0.1) is 13.8 Å². The third-order valence-corrected chi connectivity index (χ3v) is 3.92. The van der Waals surface area contributed by atoms with E-state index >= 15 is 0 Å². The summed E-state index contributed by atoms with van der Waals surface area (Å²) in [5.74, 6) is -1.60. The maximum atomic E-state index is 12.2. The van der Waals surface area contributed by atoms with Crippen molar-refractivity contribution < 1.29 is 14.6 Å². The van der Waals surface area contributed by atoms with E-state index in [1.54, 1.807) is 25.3 Å². The van der Waals surface area contributed by atoms with E-state index < -0.39 is 11.9 Å². The summed E-state index contributed by atoms with van der Waals surface area (Å²) in [7, 11) is 0. The molecule has 6 nitrogen and oxygen atoms in total. The van der Waals surface area contributed by atoms with Crippen LogP contribution in [0.3, 0.4) is 0 Å². The van der Waals surface area contributed by atoms with Crippen molar-refractivity contribution in [2.45, 2.75) is 45.6 Å². The minimum atomic E-state index is -0.914. The first-order valence-corrected chi connectivity index (χ1v) is 6.83. The lowest BCUT2D eigenvalue weighted by Crippen LogP contribution is -2.35. The van der Waals surface area contributed by atoms with Gasteiger partial charge in [-0.1, -0.05) is 0 Å². The molecule has 2 unspecified atom stereocenters. The summed E-state index contributed by atoms with van der Waals surface area (Å²) < 4.78 is 7.02. The first kappa shape index (κ1) is 14.7. The molecule has 2 rings (SSSR count). The van der Waals surface area contributed by atoms with Gasteiger partial charge in [-0.3, -0.25) is 9.36 Å². The van der Waals surface area contributed by atoms with Crippen molar-refractivity contribution in [3.05, 3.63) is 27.4 Å². The normalized spacial score (nSPS) is 20.6. The van der Waals surface area contributed by atoms with E-state index in [0.717, 1.165) is 12.8 Å². The van der Waals surface area contributed by atoms with Crippen molar-refractivity contribution in [2.75, 3.05) is 13.2 Å². The van der Waals surface area contributed by atoms with E-state index in [-0.39, 0.29) is 11.7 Å². The predicted octanol–water partition coefficient (Wildman–Crippen LogP) is 1.40. The fourth-order valence-corrected chi connectivity index (χ4v) is 2.90. The molecule has 1 aromatic rings. The highest BCUT2D eigenvalue weighted by Gasteiger charge is 2.26. The van der Waals surface area contributed by atoms with Crippen molar-refractivity contribution in [3.8, 4) is 0 Å². The maximum absolute atomic E-state index is 12.2. The highest BCUT2D eigenvalue weighted by atomic mass is 16.5. The van der Waals surface area contributed by atoms with Gasteiger partial charge in [-0.05, 0) is 33.6 Å². The molecule has 0 aromatic carbocycles. The Morgan fingerprint density at radius 1 is 1.50 bits per heavy atom. The number of aromatic nitrogens is 2. The number of nitrogens with zero attached hydrogens (tertiary/aromatic N) is 2. The second kappa shape index (κ2) is 5.75. The number of ether oxygens (including phenoxy) is 1. The average Bonchev–Trinajstić information content (AvgIpc) is 2.39. The molecular weight excluding hydrogens is 260 g/mol. The molecular formula is C14H20N2O4. The third-order valence-electron chi connectivity index (χ3n) is 3.92. The van der Waals surface area contributed by atoms with E-state index in [9.17, 15) is 14.7 Å². The lowest BCUT2D eigenvalue weighted by Gasteiger charge is -2.27. The predicted molar refractivity (Wildman–Crippen MR) is 73.1 cm³/mol. The van der Waals surface area contributed by atoms with Gasteiger partial charge in [0.15, 0.2) is 0 Å². The van der Waals surface area contributed by atoms with Crippen LogP contribution in [0.1, 0.15) is 48.7 Å². The Labute approximate surface area is 117 Å². The third kappa shape index (κ3) is 2.60. The highest BCUT2D eigenvalue weighted by molar-refractivity contribution is 5.76. The molecule has 0 amide bonds. The Morgan fingerprint density at radius 2 is 2.20 bits per heavy atom. The van der Waals surface area contributed by atoms with Crippen LogP contribution in [0.2, 0.25) is 0 Å². The molecule has 0 aliphatic carbocycles. The van der Waals surface area contributed by atoms with Gasteiger partial charge >= 0.3 is 11.7 Å². The van der Waals surface area contributed by atoms with Gasteiger partial charge in [-0.2, -0.15) is 4.98 Å². The quantitative estimate of drug-likeness (QED) is 0.905. The van der Waals surface area contributed by atoms with Gasteiger partial charge in [0.2, 0.25) is 0 Å². The van der Waals surface area contributed by atoms with Gasteiger partial charge < -0.3 is 9.84 Å². The number of aryl methyl sites for hydroxylation is 1. The first-order chi connectivity index (χ1) is 9.43. The molecule has 110 valence electrons. The number of aliphatic carboxylic acids is 1. The monoisotopic (exact) mass is 280 g/mol. The van der Waals surface area contributed by atoms with Crippen molar-refractivity contribution in [3.63, 3.8) is 0 Å². The number of carbonyl (C=O) groups is 1. The fraction of sp³-hybridized carbons (Fsp3) is 0.643. The Morgan fingerprint density at radius 3 is 2.75 bits per heavy atom. The zero-order valence-corrected chi connectivity index (χ0v) is 12.0. The van der Waals surface area contributed by atoms with Crippen molar-refractivity contribution in [1.29, 1.82) is 0 Å². The molecule has 2 heterocycles. The van der Waals surface area contributed by atoms with Crippen LogP contribution in [-0.4, -0.2) is 33.8 Å². The molecule has 1 aliphatic heterocycles. The molecule has 0 saturated carbocycles. The zero-order valence-electron chi connectivity index (χ0n) is 12.0. The molecule has 1 N–H and O–H groups in total. The number of hydrogen-bond donors (Lipinski definition) is 1. The van der Waals surface area contributed by atoms with Crippen LogP contribution >= 0.6 is 0 Å². The second-order valence-electron chi connectivity index (χ2n) is 5.28. The van der Waals surface area contributed by atoms with Crippen molar-refractivity contribution in [2.24, 2.45) is 0 Å². The molecule has 1 aromatic heterocycles. The molecule has 1 aliphatic rings. The molecule has 0 radical (unpaired) electrons. The van der Waals surface area contributed by atoms with E-state index in [1.807, 2.05) is 0 Å². The zero-order chi connectivity index (χ0) is 14.9. The molecule has 1 saturated heterocycles. The summed E-state index contributed by atoms with van der Waals surface area (Å²) in [6.45, 7) is 6.28. The average molecular weight is 280 g/mol. The molecule has 0 bridgehead atoms. The van der Waals surface area contributed by atoms with Crippen molar-refractivity contribution >= 4 is 5.97 Å². The van der Waals surface area contributed by atoms with Crippen LogP contribution in [-0.2, 0) is 9.53 Å². The van der Waals surface area contributed by atoms with Crippen LogP contribution in [0.25, 0.3) is 0 Å². The van der Waals surface area contributed by atoms with Gasteiger partial charge in [-0.25, -0.2) is 4.79 Å². The standard InChI is InChI=1S/C14H20N2O4/c1-8(13(17)18)12-9(2)15-14(19)16(10(12)3)11-5-4-6-20-7-11/h8,11H,4-7H2,1-3H3,(H,17,18). The van der Waals surface area contributed by atoms with Crippen molar-refractivity contribution in [1.82, 2.24) is 9.55 Å². The van der Waals surface area contributed by atoms with Gasteiger partial charge in [0.1, 0.15) is 0 Å². The number of rotatable bonds is 3. The van der Waals surface area contributed by atoms with E-state index in [4.69, 9.17) is 4.74 Å². The van der Waals surface area contributed by atoms with Crippen LogP contribution in [0.5, 0.6) is 0 Å². The molecule has 6 heteroatoms. The van der Waals surface area contributed by atoms with E-state index in [2.05, 4.69) is 4.98 Å². The Bertz CT molecular complexity index is 573. The topological polar surface area (TPSA) is 81.4 Å². The van der Waals surface area contributed by atoms with E-state index in [1.165, 1.54) is 0 Å². The first-order valence-electron chi connectivity index (χ1n) is 6.83. The van der Waals surface area contributed by atoms with Gasteiger partial charge in [0, 0.05) is 23.6 Å². The molecule has 20 heavy (non-hydrogen) atoms. The van der Waals surface area contributed by atoms with Gasteiger partial charge in [-0.15, -0.1) is 0 Å². The van der Waals surface area contributed by atoms with Crippen LogP contribution in [0.15, 0.2) is 4.79 Å². The summed E-state index contributed by atoms with van der Waals surface area (Å²) in [6.07, 6.45) is 1.75. The largest absolute Gasteiger partial charge is 0.481 e. The Balaban J connectivity index is 2.54. The number of carboxylic acid groups (broad SMARTS) is 1. The summed E-state index contributed by atoms with van der Waals surface area (Å²) in [4.78, 5) is 27.4. The van der Waals surface area contributed by atoms with Crippen LogP contribution < -0.4 is 5.69 Å². The summed E-state index contributed by atoms with van der Waals surface area (Å²) in [5, 5.41) is 9.22. The van der Waals surface area contributed by atoms with Gasteiger partial charge in [0.25, 0.3) is 0 Å². The molecule has 0 spiro atoms. The lowest BCUT2D eigenvalue weighted by molar-refractivity contribution is -0.138. The number of hydrogen-bond acceptors (Lipinski definition) is 4. The minimum absolute atomic E-state index is 0.0518. The highest BCUT2D eigenvalue weighted by Crippen LogP contribution is 2.25. The molecule has 2 atom stereocenters. The maximum Gasteiger partial charge on any atom is 0.348 e. The van der Waals surface area contributed by atoms with E-state index in [0.29, 0.717) is 30.2 Å². The molecule has 1 fully saturated rings. The Kier molecular flexibility index (Phi) is 4.23. The Hall–Kier alpha value is -1.69. The lowest BCUT2D eigenvalue weighted by atomic mass is 9.97. The van der Waals surface area contributed by atoms with Gasteiger partial charge in [0.05, 0.1) is 18.6 Å².